The Bertz CT molecular complexity index is 439. The molecule has 15 heavy (non-hydrogen) atoms. The predicted molar refractivity (Wildman–Crippen MR) is 61.4 cm³/mol. The molecule has 0 unspecified atom stereocenters. The summed E-state index contributed by atoms with van der Waals surface area (Å²) >= 11 is 1.45. The quantitative estimate of drug-likeness (QED) is 0.776. The minimum absolute atomic E-state index is 0.0313. The third-order valence-corrected chi connectivity index (χ3v) is 2.70. The smallest absolute Gasteiger partial charge is 0.230 e. The SMILES string of the molecule is CC(=O)N(c1ccccc1)c1nccs1. The van der Waals surface area contributed by atoms with E-state index in [4.69, 9.17) is 0 Å². The van der Waals surface area contributed by atoms with Crippen LogP contribution in [0.2, 0.25) is 0 Å². The van der Waals surface area contributed by atoms with Crippen molar-refractivity contribution in [2.24, 2.45) is 0 Å². The van der Waals surface area contributed by atoms with Crippen LogP contribution in [0.25, 0.3) is 0 Å². The van der Waals surface area contributed by atoms with Crippen molar-refractivity contribution in [2.45, 2.75) is 6.92 Å². The normalized spacial score (nSPS) is 9.93. The van der Waals surface area contributed by atoms with E-state index in [0.717, 1.165) is 5.69 Å². The fraction of sp³-hybridized carbons (Fsp3) is 0.0909. The van der Waals surface area contributed by atoms with Crippen LogP contribution in [0.4, 0.5) is 10.8 Å². The second-order valence-corrected chi connectivity index (χ2v) is 3.88. The maximum atomic E-state index is 11.5. The van der Waals surface area contributed by atoms with Gasteiger partial charge in [0.05, 0.1) is 5.69 Å². The summed E-state index contributed by atoms with van der Waals surface area (Å²) in [6, 6.07) is 9.51. The maximum absolute atomic E-state index is 11.5. The van der Waals surface area contributed by atoms with E-state index in [9.17, 15) is 4.79 Å². The Morgan fingerprint density at radius 1 is 1.33 bits per heavy atom. The summed E-state index contributed by atoms with van der Waals surface area (Å²) in [4.78, 5) is 17.3. The van der Waals surface area contributed by atoms with E-state index in [-0.39, 0.29) is 5.91 Å². The minimum atomic E-state index is -0.0313. The number of carbonyl (C=O) groups is 1. The first-order valence-electron chi connectivity index (χ1n) is 4.54. The molecule has 0 spiro atoms. The Morgan fingerprint density at radius 3 is 2.60 bits per heavy atom. The second-order valence-electron chi connectivity index (χ2n) is 3.00. The summed E-state index contributed by atoms with van der Waals surface area (Å²) in [5.74, 6) is -0.0313. The van der Waals surface area contributed by atoms with Crippen LogP contribution in [-0.4, -0.2) is 10.9 Å². The molecule has 0 aliphatic rings. The summed E-state index contributed by atoms with van der Waals surface area (Å²) in [6.45, 7) is 1.54. The van der Waals surface area contributed by atoms with E-state index in [0.29, 0.717) is 5.13 Å². The molecule has 0 saturated heterocycles. The number of hydrogen-bond acceptors (Lipinski definition) is 3. The lowest BCUT2D eigenvalue weighted by atomic mass is 10.3. The van der Waals surface area contributed by atoms with Crippen LogP contribution in [0.5, 0.6) is 0 Å². The lowest BCUT2D eigenvalue weighted by Crippen LogP contribution is -2.22. The number of nitrogens with zero attached hydrogens (tertiary/aromatic N) is 2. The fourth-order valence-electron chi connectivity index (χ4n) is 1.33. The van der Waals surface area contributed by atoms with Crippen molar-refractivity contribution in [3.63, 3.8) is 0 Å². The average Bonchev–Trinajstić information content (AvgIpc) is 2.72. The lowest BCUT2D eigenvalue weighted by molar-refractivity contribution is -0.115. The van der Waals surface area contributed by atoms with Gasteiger partial charge in [-0.15, -0.1) is 11.3 Å². The zero-order chi connectivity index (χ0) is 10.7. The Kier molecular flexibility index (Phi) is 2.78. The van der Waals surface area contributed by atoms with Crippen LogP contribution < -0.4 is 4.90 Å². The van der Waals surface area contributed by atoms with Gasteiger partial charge in [0.1, 0.15) is 0 Å². The fourth-order valence-corrected chi connectivity index (χ4v) is 2.03. The number of carbonyl (C=O) groups excluding carboxylic acids is 1. The van der Waals surface area contributed by atoms with Crippen molar-refractivity contribution in [2.75, 3.05) is 4.90 Å². The van der Waals surface area contributed by atoms with Gasteiger partial charge in [-0.3, -0.25) is 9.69 Å². The van der Waals surface area contributed by atoms with Gasteiger partial charge in [-0.2, -0.15) is 0 Å². The molecule has 0 atom stereocenters. The topological polar surface area (TPSA) is 33.2 Å². The van der Waals surface area contributed by atoms with Gasteiger partial charge >= 0.3 is 0 Å². The molecule has 0 radical (unpaired) electrons. The first kappa shape index (κ1) is 9.86. The monoisotopic (exact) mass is 218 g/mol. The third kappa shape index (κ3) is 2.05. The van der Waals surface area contributed by atoms with Crippen LogP contribution in [0, 0.1) is 0 Å². The lowest BCUT2D eigenvalue weighted by Gasteiger charge is -2.17. The Balaban J connectivity index is 2.42. The maximum Gasteiger partial charge on any atom is 0.230 e. The molecular formula is C11H10N2OS. The summed E-state index contributed by atoms with van der Waals surface area (Å²) < 4.78 is 0. The van der Waals surface area contributed by atoms with Crippen molar-refractivity contribution in [1.29, 1.82) is 0 Å². The first-order valence-corrected chi connectivity index (χ1v) is 5.42. The van der Waals surface area contributed by atoms with Gasteiger partial charge in [0.15, 0.2) is 5.13 Å². The molecule has 3 nitrogen and oxygen atoms in total. The highest BCUT2D eigenvalue weighted by Crippen LogP contribution is 2.26. The van der Waals surface area contributed by atoms with E-state index >= 15 is 0 Å². The number of thiazole rings is 1. The van der Waals surface area contributed by atoms with Crippen LogP contribution in [0.1, 0.15) is 6.92 Å². The molecule has 0 aliphatic heterocycles. The van der Waals surface area contributed by atoms with Crippen molar-refractivity contribution >= 4 is 28.1 Å². The molecule has 0 aliphatic carbocycles. The number of amides is 1. The third-order valence-electron chi connectivity index (χ3n) is 1.94. The summed E-state index contributed by atoms with van der Waals surface area (Å²) in [7, 11) is 0. The molecule has 1 aromatic heterocycles. The zero-order valence-corrected chi connectivity index (χ0v) is 9.07. The van der Waals surface area contributed by atoms with Gasteiger partial charge in [-0.25, -0.2) is 4.98 Å². The van der Waals surface area contributed by atoms with Gasteiger partial charge in [0, 0.05) is 18.5 Å². The Morgan fingerprint density at radius 2 is 2.07 bits per heavy atom. The van der Waals surface area contributed by atoms with Gasteiger partial charge < -0.3 is 0 Å². The van der Waals surface area contributed by atoms with E-state index < -0.39 is 0 Å². The minimum Gasteiger partial charge on any atom is -0.274 e. The molecule has 0 saturated carbocycles. The number of aromatic nitrogens is 1. The largest absolute Gasteiger partial charge is 0.274 e. The number of hydrogen-bond donors (Lipinski definition) is 0. The molecule has 0 fully saturated rings. The van der Waals surface area contributed by atoms with E-state index in [1.165, 1.54) is 18.3 Å². The van der Waals surface area contributed by atoms with Gasteiger partial charge in [-0.1, -0.05) is 18.2 Å². The van der Waals surface area contributed by atoms with Gasteiger partial charge in [0.25, 0.3) is 0 Å². The van der Waals surface area contributed by atoms with Crippen LogP contribution in [-0.2, 0) is 4.79 Å². The molecule has 1 amide bonds. The highest BCUT2D eigenvalue weighted by molar-refractivity contribution is 7.13. The van der Waals surface area contributed by atoms with E-state index in [1.807, 2.05) is 35.7 Å². The molecule has 76 valence electrons. The standard InChI is InChI=1S/C11H10N2OS/c1-9(14)13(11-12-7-8-15-11)10-5-3-2-4-6-10/h2-8H,1H3. The molecule has 2 rings (SSSR count). The van der Waals surface area contributed by atoms with Crippen molar-refractivity contribution < 1.29 is 4.79 Å². The summed E-state index contributed by atoms with van der Waals surface area (Å²) in [6.07, 6.45) is 1.69. The molecule has 0 N–H and O–H groups in total. The molecule has 1 aromatic carbocycles. The average molecular weight is 218 g/mol. The molecule has 4 heteroatoms. The first-order chi connectivity index (χ1) is 7.29. The van der Waals surface area contributed by atoms with Gasteiger partial charge in [0.2, 0.25) is 5.91 Å². The second kappa shape index (κ2) is 4.23. The number of anilines is 2. The molecule has 0 bridgehead atoms. The van der Waals surface area contributed by atoms with Crippen molar-refractivity contribution in [3.8, 4) is 0 Å². The zero-order valence-electron chi connectivity index (χ0n) is 8.25. The number of para-hydroxylation sites is 1. The predicted octanol–water partition coefficient (Wildman–Crippen LogP) is 2.83. The Hall–Kier alpha value is -1.68. The van der Waals surface area contributed by atoms with Crippen molar-refractivity contribution in [1.82, 2.24) is 4.98 Å². The van der Waals surface area contributed by atoms with Crippen LogP contribution in [0.15, 0.2) is 41.9 Å². The summed E-state index contributed by atoms with van der Waals surface area (Å²) in [5.41, 5.74) is 0.847. The molecule has 2 aromatic rings. The van der Waals surface area contributed by atoms with Crippen molar-refractivity contribution in [3.05, 3.63) is 41.9 Å². The van der Waals surface area contributed by atoms with E-state index in [2.05, 4.69) is 4.98 Å². The molecule has 1 heterocycles. The van der Waals surface area contributed by atoms with Gasteiger partial charge in [-0.05, 0) is 12.1 Å². The van der Waals surface area contributed by atoms with Crippen LogP contribution >= 0.6 is 11.3 Å². The number of benzene rings is 1. The highest BCUT2D eigenvalue weighted by atomic mass is 32.1. The highest BCUT2D eigenvalue weighted by Gasteiger charge is 2.15. The van der Waals surface area contributed by atoms with E-state index in [1.54, 1.807) is 11.1 Å². The number of rotatable bonds is 2. The Labute approximate surface area is 92.0 Å². The summed E-state index contributed by atoms with van der Waals surface area (Å²) in [5, 5.41) is 2.56. The molecular weight excluding hydrogens is 208 g/mol. The van der Waals surface area contributed by atoms with Crippen LogP contribution in [0.3, 0.4) is 0 Å².